The van der Waals surface area contributed by atoms with Gasteiger partial charge in [0.2, 0.25) is 5.79 Å². The van der Waals surface area contributed by atoms with Crippen molar-refractivity contribution in [1.82, 2.24) is 4.90 Å². The van der Waals surface area contributed by atoms with Crippen LogP contribution >= 0.6 is 22.6 Å². The van der Waals surface area contributed by atoms with Gasteiger partial charge in [-0.2, -0.15) is 0 Å². The summed E-state index contributed by atoms with van der Waals surface area (Å²) in [6.07, 6.45) is 6.34. The van der Waals surface area contributed by atoms with Crippen LogP contribution in [0.25, 0.3) is 0 Å². The number of hydrogen-bond donors (Lipinski definition) is 4. The van der Waals surface area contributed by atoms with Gasteiger partial charge in [0, 0.05) is 72.5 Å². The van der Waals surface area contributed by atoms with Crippen LogP contribution in [0.5, 0.6) is 0 Å². The number of methoxy groups -OCH3 is 2. The minimum atomic E-state index is -2.64. The van der Waals surface area contributed by atoms with Gasteiger partial charge in [0.25, 0.3) is 11.7 Å². The van der Waals surface area contributed by atoms with Crippen LogP contribution in [0, 0.1) is 56.5 Å². The number of benzene rings is 2. The van der Waals surface area contributed by atoms with E-state index in [2.05, 4.69) is 0 Å². The Hall–Kier alpha value is -4.82. The quantitative estimate of drug-likeness (QED) is 0.0427. The molecule has 4 N–H and O–H groups in total. The zero-order chi connectivity index (χ0) is 65.4. The molecule has 1 saturated carbocycles. The number of nitrogens with zero attached hydrogens (tertiary/aromatic N) is 1. The highest BCUT2D eigenvalue weighted by atomic mass is 127. The number of aliphatic hydroxyl groups excluding tert-OH is 3. The van der Waals surface area contributed by atoms with E-state index in [4.69, 9.17) is 28.4 Å². The Morgan fingerprint density at radius 2 is 1.61 bits per heavy atom. The number of fused-ring (bicyclic) bond motifs is 3. The molecule has 2 aromatic carbocycles. The van der Waals surface area contributed by atoms with Gasteiger partial charge in [-0.3, -0.25) is 24.0 Å². The molecule has 0 radical (unpaired) electrons. The first-order chi connectivity index (χ1) is 42.2. The molecular weight excluding hydrogens is 1270 g/mol. The Kier molecular flexibility index (Phi) is 28.1. The molecule has 0 aromatic heterocycles. The lowest BCUT2D eigenvalue weighted by atomic mass is 9.78. The van der Waals surface area contributed by atoms with Gasteiger partial charge in [0.15, 0.2) is 23.2 Å². The molecule has 3 fully saturated rings. The molecule has 492 valence electrons. The fourth-order valence-electron chi connectivity index (χ4n) is 12.6. The number of carbonyl (C=O) groups is 6. The van der Waals surface area contributed by atoms with Gasteiger partial charge in [-0.1, -0.05) is 77.1 Å². The summed E-state index contributed by atoms with van der Waals surface area (Å²) < 4.78 is 80.7. The van der Waals surface area contributed by atoms with Crippen LogP contribution in [0.3, 0.4) is 0 Å². The van der Waals surface area contributed by atoms with E-state index >= 15 is 4.39 Å². The lowest BCUT2D eigenvalue weighted by Crippen LogP contribution is -2.61. The molecule has 3 heterocycles. The summed E-state index contributed by atoms with van der Waals surface area (Å²) in [6.45, 7) is 10.7. The minimum absolute atomic E-state index is 0.00689. The predicted octanol–water partition coefficient (Wildman–Crippen LogP) is 9.42. The highest BCUT2D eigenvalue weighted by Crippen LogP contribution is 2.38. The third-order valence-electron chi connectivity index (χ3n) is 18.1. The van der Waals surface area contributed by atoms with Crippen molar-refractivity contribution in [3.05, 3.63) is 116 Å². The SMILES string of the molecule is CO[C@@H]1C[C@@H](CC(C)[C@@H]2CC(=O)[C@H](C)/C=C(\C)[C@@H](O)[C@@H](OC)C(=O)[C@H](C)C[C@H](C)/C=C/C=C/C=C(C)[C@@H](OC[C@@H](O)COCC(=O)c3ccc(F)c(F)c3Cc3ccc(I)cc3F)C[C@@H]3CC[C@@H](C)[C@@](O)(O3)C(=O)C(=O)N3CCCC[C@H]3C(=O)O2)CC[C@H]1O. The molecule has 17 nitrogen and oxygen atoms in total. The summed E-state index contributed by atoms with van der Waals surface area (Å²) in [4.78, 5) is 86.6. The van der Waals surface area contributed by atoms with Gasteiger partial charge in [-0.15, -0.1) is 0 Å². The van der Waals surface area contributed by atoms with Crippen LogP contribution < -0.4 is 0 Å². The maximum absolute atomic E-state index is 15.2. The van der Waals surface area contributed by atoms with E-state index in [0.29, 0.717) is 66.1 Å². The number of rotatable bonds is 15. The number of ether oxygens (including phenoxy) is 6. The van der Waals surface area contributed by atoms with Crippen molar-refractivity contribution in [2.24, 2.45) is 35.5 Å². The standard InChI is InChI=1S/C68H91F3INO16/c1-38-15-11-10-12-16-39(2)58(87-36-48(74)35-86-37-57(77)50-23-24-52(69)61(71)51(50)31-46-20-21-47(72)32-53(46)70)33-49-22-18-44(7)68(83,89-49)65(80)66(81)73-26-14-13-17-54(73)67(82)88-59(41(4)29-45-19-25-55(75)60(30-45)84-8)34-56(76)40(3)28-43(6)63(79)64(85-9)62(78)42(5)27-38/h10-12,15-16,20-21,23-24,28,32,38,40-42,44-45,48-49,54-55,58-60,63-64,74-75,79,83H,13-14,17-19,22,25-27,29-31,33-37H2,1-9H3/b12-10+,15-11+,39-16?,43-28+/t38-,40-,41?,42-,44-,45-,48+,49+,54+,55-,58+,59+,60-,63-,64+,68-/m1/s1. The van der Waals surface area contributed by atoms with E-state index in [1.54, 1.807) is 65.0 Å². The smallest absolute Gasteiger partial charge is 0.329 e. The van der Waals surface area contributed by atoms with Crippen LogP contribution in [-0.4, -0.2) is 162 Å². The predicted molar refractivity (Wildman–Crippen MR) is 334 cm³/mol. The van der Waals surface area contributed by atoms with Crippen LogP contribution in [0.2, 0.25) is 0 Å². The van der Waals surface area contributed by atoms with Gasteiger partial charge in [-0.05, 0) is 159 Å². The number of halogens is 4. The van der Waals surface area contributed by atoms with Gasteiger partial charge in [0.1, 0.15) is 48.7 Å². The van der Waals surface area contributed by atoms with Crippen LogP contribution in [0.15, 0.2) is 77.9 Å². The molecule has 1 amide bonds. The lowest BCUT2D eigenvalue weighted by molar-refractivity contribution is -0.266. The summed E-state index contributed by atoms with van der Waals surface area (Å²) in [7, 11) is 2.88. The van der Waals surface area contributed by atoms with E-state index in [1.807, 2.05) is 48.6 Å². The first-order valence-corrected chi connectivity index (χ1v) is 32.2. The Balaban J connectivity index is 1.25. The molecule has 2 bridgehead atoms. The normalized spacial score (nSPS) is 32.4. The highest BCUT2D eigenvalue weighted by molar-refractivity contribution is 14.1. The van der Waals surface area contributed by atoms with E-state index < -0.39 is 145 Å². The van der Waals surface area contributed by atoms with Gasteiger partial charge in [0.05, 0.1) is 37.6 Å². The molecule has 0 spiro atoms. The molecule has 4 aliphatic rings. The molecule has 21 heteroatoms. The van der Waals surface area contributed by atoms with E-state index in [-0.39, 0.29) is 78.9 Å². The summed E-state index contributed by atoms with van der Waals surface area (Å²) in [6, 6.07) is 4.89. The van der Waals surface area contributed by atoms with E-state index in [0.717, 1.165) is 17.0 Å². The third-order valence-corrected chi connectivity index (χ3v) is 18.8. The average Bonchev–Trinajstić information content (AvgIpc) is 1.14. The summed E-state index contributed by atoms with van der Waals surface area (Å²) >= 11 is 1.91. The summed E-state index contributed by atoms with van der Waals surface area (Å²) in [5.74, 6) is -13.2. The number of cyclic esters (lactones) is 1. The number of carbonyl (C=O) groups excluding carboxylic acids is 6. The maximum Gasteiger partial charge on any atom is 0.329 e. The van der Waals surface area contributed by atoms with Crippen LogP contribution in [0.4, 0.5) is 13.2 Å². The van der Waals surface area contributed by atoms with Crippen molar-refractivity contribution in [1.29, 1.82) is 0 Å². The second kappa shape index (κ2) is 34.2. The lowest BCUT2D eigenvalue weighted by Gasteiger charge is -2.43. The molecule has 16 atom stereocenters. The highest BCUT2D eigenvalue weighted by Gasteiger charge is 2.53. The largest absolute Gasteiger partial charge is 0.460 e. The van der Waals surface area contributed by atoms with Crippen molar-refractivity contribution in [2.45, 2.75) is 193 Å². The number of Topliss-reactive ketones (excluding diaryl/α,β-unsaturated/α-hetero) is 4. The molecule has 2 aromatic rings. The Bertz CT molecular complexity index is 2920. The van der Waals surface area contributed by atoms with Crippen molar-refractivity contribution in [2.75, 3.05) is 40.6 Å². The van der Waals surface area contributed by atoms with Crippen molar-refractivity contribution >= 4 is 57.6 Å². The molecule has 1 aliphatic carbocycles. The fraction of sp³-hybridized carbons (Fsp3) is 0.618. The zero-order valence-electron chi connectivity index (χ0n) is 52.7. The number of piperidine rings is 1. The number of esters is 1. The van der Waals surface area contributed by atoms with E-state index in [9.17, 15) is 58.0 Å². The first-order valence-electron chi connectivity index (χ1n) is 31.1. The molecule has 2 saturated heterocycles. The first kappa shape index (κ1) is 73.2. The number of hydrogen-bond acceptors (Lipinski definition) is 16. The fourth-order valence-corrected chi connectivity index (χ4v) is 13.0. The zero-order valence-corrected chi connectivity index (χ0v) is 54.8. The van der Waals surface area contributed by atoms with E-state index in [1.165, 1.54) is 26.4 Å². The second-order valence-corrected chi connectivity index (χ2v) is 26.3. The van der Waals surface area contributed by atoms with Crippen molar-refractivity contribution in [3.63, 3.8) is 0 Å². The van der Waals surface area contributed by atoms with Crippen molar-refractivity contribution < 1.29 is 90.8 Å². The second-order valence-electron chi connectivity index (χ2n) is 25.1. The Morgan fingerprint density at radius 1 is 0.865 bits per heavy atom. The number of aliphatic hydroxyl groups is 4. The summed E-state index contributed by atoms with van der Waals surface area (Å²) in [5.41, 5.74) is 0.410. The number of amides is 1. The number of allylic oxidation sites excluding steroid dienone is 6. The van der Waals surface area contributed by atoms with Gasteiger partial charge >= 0.3 is 5.97 Å². The van der Waals surface area contributed by atoms with Crippen LogP contribution in [-0.2, 0) is 58.8 Å². The average molecular weight is 1360 g/mol. The molecule has 1 unspecified atom stereocenters. The molecular formula is C68H91F3INO16. The van der Waals surface area contributed by atoms with Crippen molar-refractivity contribution in [3.8, 4) is 0 Å². The topological polar surface area (TPSA) is 242 Å². The van der Waals surface area contributed by atoms with Crippen LogP contribution in [0.1, 0.15) is 147 Å². The number of ketones is 4. The monoisotopic (exact) mass is 1360 g/mol. The molecule has 89 heavy (non-hydrogen) atoms. The summed E-state index contributed by atoms with van der Waals surface area (Å²) in [5, 5.41) is 45.6. The molecule has 6 rings (SSSR count). The van der Waals surface area contributed by atoms with Gasteiger partial charge < -0.3 is 53.7 Å². The maximum atomic E-state index is 15.2. The Labute approximate surface area is 534 Å². The molecule has 3 aliphatic heterocycles. The Morgan fingerprint density at radius 3 is 2.31 bits per heavy atom. The van der Waals surface area contributed by atoms with Gasteiger partial charge in [-0.25, -0.2) is 18.0 Å². The minimum Gasteiger partial charge on any atom is -0.460 e. The third kappa shape index (κ3) is 19.8.